The highest BCUT2D eigenvalue weighted by molar-refractivity contribution is 6.03. The molecule has 1 unspecified atom stereocenters. The third-order valence-electron chi connectivity index (χ3n) is 4.29. The summed E-state index contributed by atoms with van der Waals surface area (Å²) in [5, 5.41) is 0. The van der Waals surface area contributed by atoms with E-state index in [1.807, 2.05) is 0 Å². The SMILES string of the molecule is CCCCCCOC(=O)c1ccccc1C(=O)OC(C)c1c(F)cccc1F. The van der Waals surface area contributed by atoms with Crippen LogP contribution >= 0.6 is 0 Å². The Labute approximate surface area is 163 Å². The van der Waals surface area contributed by atoms with Gasteiger partial charge in [-0.15, -0.1) is 0 Å². The van der Waals surface area contributed by atoms with E-state index in [1.54, 1.807) is 12.1 Å². The second-order valence-electron chi connectivity index (χ2n) is 6.43. The highest BCUT2D eigenvalue weighted by Gasteiger charge is 2.24. The monoisotopic (exact) mass is 390 g/mol. The molecule has 150 valence electrons. The van der Waals surface area contributed by atoms with E-state index in [-0.39, 0.29) is 23.3 Å². The Kier molecular flexibility index (Phi) is 8.11. The van der Waals surface area contributed by atoms with Crippen LogP contribution < -0.4 is 0 Å². The molecule has 0 aliphatic carbocycles. The number of halogens is 2. The van der Waals surface area contributed by atoms with Gasteiger partial charge >= 0.3 is 11.9 Å². The molecule has 0 aliphatic rings. The maximum Gasteiger partial charge on any atom is 0.339 e. The number of rotatable bonds is 9. The first-order valence-electron chi connectivity index (χ1n) is 9.36. The van der Waals surface area contributed by atoms with Crippen LogP contribution in [0.5, 0.6) is 0 Å². The van der Waals surface area contributed by atoms with Gasteiger partial charge in [-0.3, -0.25) is 0 Å². The van der Waals surface area contributed by atoms with Crippen molar-refractivity contribution in [2.45, 2.75) is 45.6 Å². The molecule has 1 atom stereocenters. The zero-order chi connectivity index (χ0) is 20.5. The van der Waals surface area contributed by atoms with Gasteiger partial charge < -0.3 is 9.47 Å². The Morgan fingerprint density at radius 1 is 0.893 bits per heavy atom. The van der Waals surface area contributed by atoms with Gasteiger partial charge in [-0.05, 0) is 37.6 Å². The van der Waals surface area contributed by atoms with Crippen LogP contribution in [0.3, 0.4) is 0 Å². The maximum atomic E-state index is 13.9. The zero-order valence-electron chi connectivity index (χ0n) is 16.0. The number of unbranched alkanes of at least 4 members (excludes halogenated alkanes) is 3. The molecule has 6 heteroatoms. The van der Waals surface area contributed by atoms with Crippen LogP contribution in [0.4, 0.5) is 8.78 Å². The lowest BCUT2D eigenvalue weighted by Crippen LogP contribution is -2.17. The third-order valence-corrected chi connectivity index (χ3v) is 4.29. The van der Waals surface area contributed by atoms with E-state index >= 15 is 0 Å². The number of hydrogen-bond acceptors (Lipinski definition) is 4. The predicted octanol–water partition coefficient (Wildman–Crippen LogP) is 5.62. The van der Waals surface area contributed by atoms with Crippen LogP contribution in [0.25, 0.3) is 0 Å². The first-order valence-corrected chi connectivity index (χ1v) is 9.36. The fourth-order valence-corrected chi connectivity index (χ4v) is 2.79. The van der Waals surface area contributed by atoms with Gasteiger partial charge in [-0.1, -0.05) is 44.4 Å². The van der Waals surface area contributed by atoms with E-state index in [9.17, 15) is 18.4 Å². The highest BCUT2D eigenvalue weighted by atomic mass is 19.1. The van der Waals surface area contributed by atoms with E-state index in [0.717, 1.165) is 37.8 Å². The minimum absolute atomic E-state index is 0.00958. The normalized spacial score (nSPS) is 11.7. The number of carbonyl (C=O) groups is 2. The average Bonchev–Trinajstić information content (AvgIpc) is 2.67. The van der Waals surface area contributed by atoms with Gasteiger partial charge in [-0.2, -0.15) is 0 Å². The summed E-state index contributed by atoms with van der Waals surface area (Å²) in [6, 6.07) is 9.46. The first-order chi connectivity index (χ1) is 13.5. The van der Waals surface area contributed by atoms with Gasteiger partial charge in [-0.25, -0.2) is 18.4 Å². The smallest absolute Gasteiger partial charge is 0.339 e. The van der Waals surface area contributed by atoms with E-state index in [2.05, 4.69) is 6.92 Å². The lowest BCUT2D eigenvalue weighted by Gasteiger charge is -2.16. The van der Waals surface area contributed by atoms with Crippen molar-refractivity contribution in [2.24, 2.45) is 0 Å². The molecule has 0 saturated carbocycles. The fourth-order valence-electron chi connectivity index (χ4n) is 2.79. The molecule has 2 aromatic rings. The Morgan fingerprint density at radius 2 is 1.50 bits per heavy atom. The first kappa shape index (κ1) is 21.5. The number of benzene rings is 2. The summed E-state index contributed by atoms with van der Waals surface area (Å²) in [5.41, 5.74) is -0.291. The molecule has 0 heterocycles. The van der Waals surface area contributed by atoms with Crippen LogP contribution in [-0.2, 0) is 9.47 Å². The summed E-state index contributed by atoms with van der Waals surface area (Å²) in [6.45, 7) is 3.72. The maximum absolute atomic E-state index is 13.9. The Balaban J connectivity index is 2.08. The predicted molar refractivity (Wildman–Crippen MR) is 101 cm³/mol. The molecule has 0 aromatic heterocycles. The summed E-state index contributed by atoms with van der Waals surface area (Å²) in [4.78, 5) is 24.8. The summed E-state index contributed by atoms with van der Waals surface area (Å²) < 4.78 is 38.2. The molecule has 0 amide bonds. The van der Waals surface area contributed by atoms with Gasteiger partial charge in [0.25, 0.3) is 0 Å². The van der Waals surface area contributed by atoms with Crippen molar-refractivity contribution in [1.29, 1.82) is 0 Å². The number of carbonyl (C=O) groups excluding carboxylic acids is 2. The van der Waals surface area contributed by atoms with Crippen molar-refractivity contribution in [3.05, 3.63) is 70.8 Å². The van der Waals surface area contributed by atoms with Crippen molar-refractivity contribution in [2.75, 3.05) is 6.61 Å². The summed E-state index contributed by atoms with van der Waals surface area (Å²) in [7, 11) is 0. The molecule has 0 aliphatic heterocycles. The molecule has 28 heavy (non-hydrogen) atoms. The number of ether oxygens (including phenoxy) is 2. The molecule has 4 nitrogen and oxygen atoms in total. The van der Waals surface area contributed by atoms with Gasteiger partial charge in [0.15, 0.2) is 0 Å². The summed E-state index contributed by atoms with van der Waals surface area (Å²) in [5.74, 6) is -3.09. The Morgan fingerprint density at radius 3 is 2.11 bits per heavy atom. The lowest BCUT2D eigenvalue weighted by molar-refractivity contribution is 0.0311. The van der Waals surface area contributed by atoms with Crippen LogP contribution in [0.1, 0.15) is 71.9 Å². The average molecular weight is 390 g/mol. The zero-order valence-corrected chi connectivity index (χ0v) is 16.0. The van der Waals surface area contributed by atoms with Crippen molar-refractivity contribution in [3.63, 3.8) is 0 Å². The molecule has 0 radical (unpaired) electrons. The van der Waals surface area contributed by atoms with Gasteiger partial charge in [0, 0.05) is 0 Å². The van der Waals surface area contributed by atoms with E-state index in [1.165, 1.54) is 25.1 Å². The van der Waals surface area contributed by atoms with E-state index in [4.69, 9.17) is 9.47 Å². The molecule has 0 saturated heterocycles. The highest BCUT2D eigenvalue weighted by Crippen LogP contribution is 2.25. The van der Waals surface area contributed by atoms with Gasteiger partial charge in [0.2, 0.25) is 0 Å². The number of hydrogen-bond donors (Lipinski definition) is 0. The minimum Gasteiger partial charge on any atom is -0.462 e. The second-order valence-corrected chi connectivity index (χ2v) is 6.43. The second kappa shape index (κ2) is 10.5. The molecular weight excluding hydrogens is 366 g/mol. The molecule has 2 rings (SSSR count). The van der Waals surface area contributed by atoms with Crippen LogP contribution in [0.2, 0.25) is 0 Å². The van der Waals surface area contributed by atoms with Crippen molar-refractivity contribution in [1.82, 2.24) is 0 Å². The van der Waals surface area contributed by atoms with Crippen molar-refractivity contribution >= 4 is 11.9 Å². The molecule has 0 N–H and O–H groups in total. The molecular formula is C22H24F2O4. The van der Waals surface area contributed by atoms with Gasteiger partial charge in [0.1, 0.15) is 17.7 Å². The summed E-state index contributed by atoms with van der Waals surface area (Å²) >= 11 is 0. The van der Waals surface area contributed by atoms with Crippen LogP contribution in [-0.4, -0.2) is 18.5 Å². The van der Waals surface area contributed by atoms with Crippen molar-refractivity contribution < 1.29 is 27.8 Å². The third kappa shape index (κ3) is 5.62. The fraction of sp³-hybridized carbons (Fsp3) is 0.364. The minimum atomic E-state index is -1.16. The number of esters is 2. The Hall–Kier alpha value is -2.76. The quantitative estimate of drug-likeness (QED) is 0.412. The topological polar surface area (TPSA) is 52.6 Å². The largest absolute Gasteiger partial charge is 0.462 e. The Bertz CT molecular complexity index is 800. The molecule has 2 aromatic carbocycles. The van der Waals surface area contributed by atoms with Crippen LogP contribution in [0.15, 0.2) is 42.5 Å². The summed E-state index contributed by atoms with van der Waals surface area (Å²) in [6.07, 6.45) is 2.68. The van der Waals surface area contributed by atoms with Gasteiger partial charge in [0.05, 0.1) is 23.3 Å². The van der Waals surface area contributed by atoms with E-state index < -0.39 is 29.7 Å². The van der Waals surface area contributed by atoms with Crippen LogP contribution in [0, 0.1) is 11.6 Å². The standard InChI is InChI=1S/C22H24F2O4/c1-3-4-5-8-14-27-21(25)16-10-6-7-11-17(16)22(26)28-15(2)20-18(23)12-9-13-19(20)24/h6-7,9-13,15H,3-5,8,14H2,1-2H3. The molecule has 0 fully saturated rings. The van der Waals surface area contributed by atoms with E-state index in [0.29, 0.717) is 0 Å². The molecule has 0 bridgehead atoms. The molecule has 0 spiro atoms. The lowest BCUT2D eigenvalue weighted by atomic mass is 10.1. The van der Waals surface area contributed by atoms with Crippen molar-refractivity contribution in [3.8, 4) is 0 Å².